The fraction of sp³-hybridized carbons (Fsp3) is 0.333. The zero-order valence-corrected chi connectivity index (χ0v) is 14.3. The number of carbonyl (C=O) groups excluding carboxylic acids is 1. The van der Waals surface area contributed by atoms with Crippen LogP contribution in [0.25, 0.3) is 5.65 Å². The molecule has 128 valence electrons. The molecule has 25 heavy (non-hydrogen) atoms. The Labute approximate surface area is 145 Å². The van der Waals surface area contributed by atoms with E-state index >= 15 is 0 Å². The number of imidazole rings is 1. The molecule has 1 unspecified atom stereocenters. The third-order valence-corrected chi connectivity index (χ3v) is 4.60. The highest BCUT2D eigenvalue weighted by Crippen LogP contribution is 2.19. The Hall–Kier alpha value is -2.96. The van der Waals surface area contributed by atoms with Gasteiger partial charge < -0.3 is 14.2 Å². The number of fused-ring (bicyclic) bond motifs is 1. The van der Waals surface area contributed by atoms with Gasteiger partial charge in [-0.1, -0.05) is 6.07 Å². The number of aromatic nitrogens is 4. The van der Waals surface area contributed by atoms with Gasteiger partial charge in [0.2, 0.25) is 0 Å². The van der Waals surface area contributed by atoms with Crippen molar-refractivity contribution in [3.8, 4) is 0 Å². The summed E-state index contributed by atoms with van der Waals surface area (Å²) in [7, 11) is 0. The van der Waals surface area contributed by atoms with Crippen molar-refractivity contribution in [3.63, 3.8) is 0 Å². The maximum Gasteiger partial charge on any atom is 0.276 e. The first-order chi connectivity index (χ1) is 12.1. The van der Waals surface area contributed by atoms with Crippen LogP contribution in [0.15, 0.2) is 43.0 Å². The molecular formula is C18H20N6O. The molecule has 0 bridgehead atoms. The van der Waals surface area contributed by atoms with Gasteiger partial charge in [0.1, 0.15) is 5.82 Å². The van der Waals surface area contributed by atoms with E-state index in [2.05, 4.69) is 26.8 Å². The molecule has 3 aromatic rings. The highest BCUT2D eigenvalue weighted by atomic mass is 16.2. The molecule has 7 nitrogen and oxygen atoms in total. The van der Waals surface area contributed by atoms with E-state index < -0.39 is 0 Å². The summed E-state index contributed by atoms with van der Waals surface area (Å²) in [6.45, 7) is 6.19. The lowest BCUT2D eigenvalue weighted by atomic mass is 10.1. The number of rotatable bonds is 2. The molecule has 1 amide bonds. The molecule has 0 aliphatic carbocycles. The van der Waals surface area contributed by atoms with Crippen LogP contribution in [-0.4, -0.2) is 55.8 Å². The van der Waals surface area contributed by atoms with Gasteiger partial charge in [0.25, 0.3) is 5.91 Å². The zero-order valence-electron chi connectivity index (χ0n) is 14.3. The molecule has 4 heterocycles. The molecule has 0 N–H and O–H groups in total. The molecule has 1 saturated heterocycles. The molecule has 0 radical (unpaired) electrons. The number of amides is 1. The molecule has 1 atom stereocenters. The predicted molar refractivity (Wildman–Crippen MR) is 94.7 cm³/mol. The van der Waals surface area contributed by atoms with Crippen LogP contribution in [0.1, 0.15) is 23.1 Å². The maximum atomic E-state index is 13.0. The Morgan fingerprint density at radius 1 is 1.16 bits per heavy atom. The van der Waals surface area contributed by atoms with Gasteiger partial charge in [-0.05, 0) is 26.0 Å². The number of anilines is 1. The minimum absolute atomic E-state index is 0.0684. The lowest BCUT2D eigenvalue weighted by molar-refractivity contribution is 0.0669. The van der Waals surface area contributed by atoms with Gasteiger partial charge in [-0.2, -0.15) is 0 Å². The normalized spacial score (nSPS) is 17.9. The summed E-state index contributed by atoms with van der Waals surface area (Å²) in [5.74, 6) is 0.897. The van der Waals surface area contributed by atoms with Crippen molar-refractivity contribution in [2.24, 2.45) is 0 Å². The van der Waals surface area contributed by atoms with Crippen molar-refractivity contribution in [1.82, 2.24) is 24.3 Å². The minimum Gasteiger partial charge on any atom is -0.353 e. The first kappa shape index (κ1) is 15.6. The summed E-state index contributed by atoms with van der Waals surface area (Å²) in [6, 6.07) is 6.09. The monoisotopic (exact) mass is 336 g/mol. The molecule has 1 aliphatic heterocycles. The van der Waals surface area contributed by atoms with Crippen molar-refractivity contribution in [2.75, 3.05) is 24.5 Å². The molecule has 4 rings (SSSR count). The summed E-state index contributed by atoms with van der Waals surface area (Å²) in [5, 5.41) is 0. The summed E-state index contributed by atoms with van der Waals surface area (Å²) in [5.41, 5.74) is 2.00. The van der Waals surface area contributed by atoms with Gasteiger partial charge >= 0.3 is 0 Å². The van der Waals surface area contributed by atoms with E-state index in [-0.39, 0.29) is 11.9 Å². The van der Waals surface area contributed by atoms with E-state index in [0.717, 1.165) is 24.6 Å². The van der Waals surface area contributed by atoms with Gasteiger partial charge in [-0.25, -0.2) is 15.0 Å². The molecule has 0 saturated carbocycles. The minimum atomic E-state index is -0.0684. The number of pyridine rings is 1. The number of hydrogen-bond acceptors (Lipinski definition) is 5. The second-order valence-corrected chi connectivity index (χ2v) is 6.36. The fourth-order valence-corrected chi connectivity index (χ4v) is 3.31. The van der Waals surface area contributed by atoms with Crippen LogP contribution in [0, 0.1) is 6.92 Å². The SMILES string of the molecule is Cc1cccc(N2CCN(C(=O)c3nccn4ccnc34)C(C)C2)n1. The molecule has 0 spiro atoms. The molecule has 1 fully saturated rings. The van der Waals surface area contributed by atoms with Crippen molar-refractivity contribution in [1.29, 1.82) is 0 Å². The van der Waals surface area contributed by atoms with E-state index in [1.165, 1.54) is 0 Å². The van der Waals surface area contributed by atoms with E-state index in [0.29, 0.717) is 17.9 Å². The van der Waals surface area contributed by atoms with Crippen LogP contribution in [0.5, 0.6) is 0 Å². The summed E-state index contributed by atoms with van der Waals surface area (Å²) < 4.78 is 1.82. The van der Waals surface area contributed by atoms with Crippen LogP contribution in [0.3, 0.4) is 0 Å². The number of nitrogens with zero attached hydrogens (tertiary/aromatic N) is 6. The quantitative estimate of drug-likeness (QED) is 0.714. The summed E-state index contributed by atoms with van der Waals surface area (Å²) in [6.07, 6.45) is 6.93. The third kappa shape index (κ3) is 2.82. The van der Waals surface area contributed by atoms with Gasteiger partial charge in [-0.3, -0.25) is 4.79 Å². The maximum absolute atomic E-state index is 13.0. The van der Waals surface area contributed by atoms with Crippen LogP contribution >= 0.6 is 0 Å². The Morgan fingerprint density at radius 2 is 1.96 bits per heavy atom. The fourth-order valence-electron chi connectivity index (χ4n) is 3.31. The first-order valence-electron chi connectivity index (χ1n) is 8.41. The lowest BCUT2D eigenvalue weighted by Crippen LogP contribution is -2.54. The van der Waals surface area contributed by atoms with Crippen molar-refractivity contribution in [3.05, 3.63) is 54.4 Å². The van der Waals surface area contributed by atoms with Gasteiger partial charge in [0.15, 0.2) is 11.3 Å². The summed E-state index contributed by atoms with van der Waals surface area (Å²) in [4.78, 5) is 30.2. The molecule has 7 heteroatoms. The number of carbonyl (C=O) groups is 1. The van der Waals surface area contributed by atoms with Crippen molar-refractivity contribution < 1.29 is 4.79 Å². The van der Waals surface area contributed by atoms with Gasteiger partial charge in [0.05, 0.1) is 0 Å². The number of aryl methyl sites for hydroxylation is 1. The zero-order chi connectivity index (χ0) is 17.4. The van der Waals surface area contributed by atoms with Crippen LogP contribution in [0.2, 0.25) is 0 Å². The number of hydrogen-bond donors (Lipinski definition) is 0. The van der Waals surface area contributed by atoms with Gasteiger partial charge in [0, 0.05) is 56.2 Å². The van der Waals surface area contributed by atoms with Crippen molar-refractivity contribution >= 4 is 17.4 Å². The topological polar surface area (TPSA) is 66.6 Å². The Morgan fingerprint density at radius 3 is 2.72 bits per heavy atom. The second kappa shape index (κ2) is 6.16. The largest absolute Gasteiger partial charge is 0.353 e. The Balaban J connectivity index is 1.55. The first-order valence-corrected chi connectivity index (χ1v) is 8.41. The molecule has 1 aliphatic rings. The Kier molecular flexibility index (Phi) is 3.83. The van der Waals surface area contributed by atoms with Crippen LogP contribution in [-0.2, 0) is 0 Å². The standard InChI is InChI=1S/C18H20N6O/c1-13-4-3-5-15(21-13)23-10-11-24(14(2)12-23)18(25)16-17-20-7-9-22(17)8-6-19-16/h3-9,14H,10-12H2,1-2H3. The smallest absolute Gasteiger partial charge is 0.276 e. The van der Waals surface area contributed by atoms with Crippen LogP contribution in [0.4, 0.5) is 5.82 Å². The highest BCUT2D eigenvalue weighted by molar-refractivity contribution is 5.98. The van der Waals surface area contributed by atoms with Crippen LogP contribution < -0.4 is 4.90 Å². The highest BCUT2D eigenvalue weighted by Gasteiger charge is 2.30. The van der Waals surface area contributed by atoms with Gasteiger partial charge in [-0.15, -0.1) is 0 Å². The Bertz CT molecular complexity index is 921. The third-order valence-electron chi connectivity index (χ3n) is 4.60. The van der Waals surface area contributed by atoms with E-state index in [1.807, 2.05) is 40.6 Å². The van der Waals surface area contributed by atoms with E-state index in [9.17, 15) is 4.79 Å². The molecular weight excluding hydrogens is 316 g/mol. The lowest BCUT2D eigenvalue weighted by Gasteiger charge is -2.40. The predicted octanol–water partition coefficient (Wildman–Crippen LogP) is 1.78. The van der Waals surface area contributed by atoms with E-state index in [4.69, 9.17) is 0 Å². The molecule has 3 aromatic heterocycles. The number of piperazine rings is 1. The average Bonchev–Trinajstić information content (AvgIpc) is 3.10. The van der Waals surface area contributed by atoms with E-state index in [1.54, 1.807) is 18.6 Å². The summed E-state index contributed by atoms with van der Waals surface area (Å²) >= 11 is 0. The molecule has 0 aromatic carbocycles. The van der Waals surface area contributed by atoms with Crippen molar-refractivity contribution in [2.45, 2.75) is 19.9 Å². The average molecular weight is 336 g/mol. The second-order valence-electron chi connectivity index (χ2n) is 6.36.